The van der Waals surface area contributed by atoms with Crippen molar-refractivity contribution >= 4 is 0 Å². The molecule has 1 aromatic heterocycles. The van der Waals surface area contributed by atoms with Crippen LogP contribution in [0.1, 0.15) is 25.3 Å². The van der Waals surface area contributed by atoms with Gasteiger partial charge < -0.3 is 9.47 Å². The molecule has 1 aliphatic rings. The predicted octanol–water partition coefficient (Wildman–Crippen LogP) is 1.98. The minimum absolute atomic E-state index is 0.199. The highest BCUT2D eigenvalue weighted by Crippen LogP contribution is 2.19. The van der Waals surface area contributed by atoms with Crippen molar-refractivity contribution in [3.05, 3.63) is 23.9 Å². The number of aromatic nitrogens is 1. The molecule has 2 rings (SSSR count). The molecule has 0 aliphatic carbocycles. The molecule has 1 aromatic rings. The van der Waals surface area contributed by atoms with Gasteiger partial charge in [-0.25, -0.2) is 4.98 Å². The lowest BCUT2D eigenvalue weighted by Gasteiger charge is -2.26. The van der Waals surface area contributed by atoms with Gasteiger partial charge in [0, 0.05) is 12.3 Å². The van der Waals surface area contributed by atoms with E-state index in [-0.39, 0.29) is 6.10 Å². The molecule has 2 heterocycles. The molecule has 0 amide bonds. The fourth-order valence-electron chi connectivity index (χ4n) is 1.30. The lowest BCUT2D eigenvalue weighted by Crippen LogP contribution is -2.38. The zero-order valence-corrected chi connectivity index (χ0v) is 8.56. The predicted molar refractivity (Wildman–Crippen MR) is 53.6 cm³/mol. The summed E-state index contributed by atoms with van der Waals surface area (Å²) in [5.41, 5.74) is 1.26. The highest BCUT2D eigenvalue weighted by atomic mass is 16.6. The molecule has 76 valence electrons. The van der Waals surface area contributed by atoms with Crippen molar-refractivity contribution in [3.8, 4) is 5.88 Å². The largest absolute Gasteiger partial charge is 0.469 e. The Hall–Kier alpha value is -1.09. The van der Waals surface area contributed by atoms with Crippen molar-refractivity contribution in [1.29, 1.82) is 0 Å². The average molecular weight is 193 g/mol. The van der Waals surface area contributed by atoms with Gasteiger partial charge in [0.2, 0.25) is 5.88 Å². The monoisotopic (exact) mass is 193 g/mol. The van der Waals surface area contributed by atoms with Crippen LogP contribution in [-0.4, -0.2) is 24.3 Å². The van der Waals surface area contributed by atoms with Crippen LogP contribution < -0.4 is 4.74 Å². The van der Waals surface area contributed by atoms with Gasteiger partial charge in [-0.3, -0.25) is 0 Å². The molecule has 14 heavy (non-hydrogen) atoms. The number of ether oxygens (including phenoxy) is 2. The Morgan fingerprint density at radius 3 is 2.86 bits per heavy atom. The van der Waals surface area contributed by atoms with E-state index in [0.29, 0.717) is 25.0 Å². The molecular weight excluding hydrogens is 178 g/mol. The third-order valence-electron chi connectivity index (χ3n) is 2.32. The Bertz CT molecular complexity index is 308. The first-order valence-corrected chi connectivity index (χ1v) is 4.96. The Labute approximate surface area is 84.1 Å². The molecule has 1 fully saturated rings. The highest BCUT2D eigenvalue weighted by molar-refractivity contribution is 5.23. The Balaban J connectivity index is 2.05. The fraction of sp³-hybridized carbons (Fsp3) is 0.545. The second-order valence-corrected chi connectivity index (χ2v) is 3.86. The quantitative estimate of drug-likeness (QED) is 0.735. The normalized spacial score (nSPS) is 16.8. The van der Waals surface area contributed by atoms with E-state index in [4.69, 9.17) is 9.47 Å². The van der Waals surface area contributed by atoms with Crippen molar-refractivity contribution in [2.24, 2.45) is 0 Å². The molecule has 0 unspecified atom stereocenters. The van der Waals surface area contributed by atoms with Gasteiger partial charge in [-0.05, 0) is 17.5 Å². The third-order valence-corrected chi connectivity index (χ3v) is 2.32. The summed E-state index contributed by atoms with van der Waals surface area (Å²) in [6.45, 7) is 5.69. The van der Waals surface area contributed by atoms with Crippen LogP contribution in [0.2, 0.25) is 0 Å². The molecule has 0 atom stereocenters. The van der Waals surface area contributed by atoms with Crippen LogP contribution >= 0.6 is 0 Å². The van der Waals surface area contributed by atoms with Gasteiger partial charge in [-0.15, -0.1) is 0 Å². The summed E-state index contributed by atoms with van der Waals surface area (Å²) in [5, 5.41) is 0. The summed E-state index contributed by atoms with van der Waals surface area (Å²) in [7, 11) is 0. The van der Waals surface area contributed by atoms with Crippen molar-refractivity contribution in [1.82, 2.24) is 4.98 Å². The van der Waals surface area contributed by atoms with E-state index < -0.39 is 0 Å². The zero-order valence-electron chi connectivity index (χ0n) is 8.56. The molecule has 3 heteroatoms. The first kappa shape index (κ1) is 9.46. The van der Waals surface area contributed by atoms with Crippen LogP contribution in [0.15, 0.2) is 18.3 Å². The fourth-order valence-corrected chi connectivity index (χ4v) is 1.30. The van der Waals surface area contributed by atoms with Crippen LogP contribution in [0.25, 0.3) is 0 Å². The van der Waals surface area contributed by atoms with E-state index in [1.54, 1.807) is 6.20 Å². The van der Waals surface area contributed by atoms with Crippen LogP contribution in [0, 0.1) is 0 Å². The molecule has 1 saturated heterocycles. The molecule has 1 aliphatic heterocycles. The molecule has 0 aromatic carbocycles. The van der Waals surface area contributed by atoms with Crippen LogP contribution in [-0.2, 0) is 4.74 Å². The minimum atomic E-state index is 0.199. The number of pyridine rings is 1. The molecule has 3 nitrogen and oxygen atoms in total. The zero-order chi connectivity index (χ0) is 9.97. The highest BCUT2D eigenvalue weighted by Gasteiger charge is 2.20. The van der Waals surface area contributed by atoms with Gasteiger partial charge in [0.05, 0.1) is 13.2 Å². The van der Waals surface area contributed by atoms with E-state index in [2.05, 4.69) is 18.8 Å². The first-order valence-electron chi connectivity index (χ1n) is 4.96. The molecule has 0 saturated carbocycles. The van der Waals surface area contributed by atoms with Crippen molar-refractivity contribution in [2.75, 3.05) is 13.2 Å². The lowest BCUT2D eigenvalue weighted by molar-refractivity contribution is -0.0813. The number of hydrogen-bond donors (Lipinski definition) is 0. The first-order chi connectivity index (χ1) is 6.75. The molecular formula is C11H15NO2. The van der Waals surface area contributed by atoms with Crippen LogP contribution in [0.3, 0.4) is 0 Å². The van der Waals surface area contributed by atoms with E-state index >= 15 is 0 Å². The Morgan fingerprint density at radius 1 is 1.50 bits per heavy atom. The maximum absolute atomic E-state index is 5.60. The van der Waals surface area contributed by atoms with Gasteiger partial charge in [0.1, 0.15) is 6.10 Å². The maximum atomic E-state index is 5.60. The summed E-state index contributed by atoms with van der Waals surface area (Å²) in [5.74, 6) is 1.22. The van der Waals surface area contributed by atoms with E-state index in [9.17, 15) is 0 Å². The smallest absolute Gasteiger partial charge is 0.213 e. The van der Waals surface area contributed by atoms with Crippen LogP contribution in [0.4, 0.5) is 0 Å². The molecule has 0 radical (unpaired) electrons. The van der Waals surface area contributed by atoms with E-state index in [0.717, 1.165) is 0 Å². The number of nitrogens with zero attached hydrogens (tertiary/aromatic N) is 1. The maximum Gasteiger partial charge on any atom is 0.213 e. The van der Waals surface area contributed by atoms with Gasteiger partial charge >= 0.3 is 0 Å². The van der Waals surface area contributed by atoms with Gasteiger partial charge in [-0.1, -0.05) is 13.8 Å². The molecule has 0 bridgehead atoms. The second kappa shape index (κ2) is 3.96. The van der Waals surface area contributed by atoms with Gasteiger partial charge in [0.15, 0.2) is 0 Å². The second-order valence-electron chi connectivity index (χ2n) is 3.86. The van der Waals surface area contributed by atoms with Gasteiger partial charge in [0.25, 0.3) is 0 Å². The molecule has 0 spiro atoms. The van der Waals surface area contributed by atoms with Crippen molar-refractivity contribution in [3.63, 3.8) is 0 Å². The van der Waals surface area contributed by atoms with Crippen molar-refractivity contribution < 1.29 is 9.47 Å². The Morgan fingerprint density at radius 2 is 2.29 bits per heavy atom. The molecule has 0 N–H and O–H groups in total. The summed E-state index contributed by atoms with van der Waals surface area (Å²) >= 11 is 0. The lowest BCUT2D eigenvalue weighted by atomic mass is 10.1. The summed E-state index contributed by atoms with van der Waals surface area (Å²) in [6.07, 6.45) is 1.99. The third kappa shape index (κ3) is 2.04. The summed E-state index contributed by atoms with van der Waals surface area (Å²) in [6, 6.07) is 4.03. The van der Waals surface area contributed by atoms with Gasteiger partial charge in [-0.2, -0.15) is 0 Å². The standard InChI is InChI=1S/C11H15NO2/c1-8(2)9-3-4-12-11(5-9)14-10-6-13-7-10/h3-5,8,10H,6-7H2,1-2H3. The average Bonchev–Trinajstić information content (AvgIpc) is 2.12. The van der Waals surface area contributed by atoms with Crippen LogP contribution in [0.5, 0.6) is 5.88 Å². The summed E-state index contributed by atoms with van der Waals surface area (Å²) in [4.78, 5) is 4.17. The van der Waals surface area contributed by atoms with Crippen molar-refractivity contribution in [2.45, 2.75) is 25.9 Å². The van der Waals surface area contributed by atoms with E-state index in [1.807, 2.05) is 12.1 Å². The number of hydrogen-bond acceptors (Lipinski definition) is 3. The SMILES string of the molecule is CC(C)c1ccnc(OC2COC2)c1. The Kier molecular flexibility index (Phi) is 2.68. The topological polar surface area (TPSA) is 31.4 Å². The van der Waals surface area contributed by atoms with E-state index in [1.165, 1.54) is 5.56 Å². The summed E-state index contributed by atoms with van der Waals surface area (Å²) < 4.78 is 10.6. The minimum Gasteiger partial charge on any atom is -0.469 e. The number of rotatable bonds is 3.